The summed E-state index contributed by atoms with van der Waals surface area (Å²) in [4.78, 5) is 36.2. The molecule has 0 spiro atoms. The minimum Gasteiger partial charge on any atom is -0.444 e. The maximum absolute atomic E-state index is 12.9. The Kier molecular flexibility index (Phi) is 6.22. The molecule has 0 bridgehead atoms. The highest BCUT2D eigenvalue weighted by molar-refractivity contribution is 5.98. The van der Waals surface area contributed by atoms with Gasteiger partial charge in [-0.2, -0.15) is 0 Å². The van der Waals surface area contributed by atoms with Crippen molar-refractivity contribution in [3.63, 3.8) is 0 Å². The number of benzene rings is 3. The third-order valence-electron chi connectivity index (χ3n) is 4.53. The number of carbonyl (C=O) groups excluding carboxylic acids is 2. The van der Waals surface area contributed by atoms with Crippen LogP contribution in [-0.4, -0.2) is 16.8 Å². The quantitative estimate of drug-likeness (QED) is 0.363. The molecule has 0 aliphatic rings. The van der Waals surface area contributed by atoms with Crippen molar-refractivity contribution in [1.82, 2.24) is 0 Å². The molecular formula is C23H20N2O5. The van der Waals surface area contributed by atoms with Gasteiger partial charge in [0.05, 0.1) is 10.5 Å². The predicted octanol–water partition coefficient (Wildman–Crippen LogP) is 4.75. The largest absolute Gasteiger partial charge is 0.444 e. The van der Waals surface area contributed by atoms with E-state index >= 15 is 0 Å². The second-order valence-corrected chi connectivity index (χ2v) is 6.81. The average molecular weight is 404 g/mol. The van der Waals surface area contributed by atoms with Crippen LogP contribution in [0.15, 0.2) is 72.8 Å². The summed E-state index contributed by atoms with van der Waals surface area (Å²) in [6, 6.07) is 19.8. The van der Waals surface area contributed by atoms with Crippen molar-refractivity contribution in [2.75, 3.05) is 5.32 Å². The number of nitro groups is 1. The minimum atomic E-state index is -1.22. The number of carbonyl (C=O) groups is 2. The van der Waals surface area contributed by atoms with E-state index in [1.165, 1.54) is 12.1 Å². The molecule has 0 saturated carbocycles. The van der Waals surface area contributed by atoms with Crippen LogP contribution in [0.3, 0.4) is 0 Å². The lowest BCUT2D eigenvalue weighted by Crippen LogP contribution is -2.26. The molecule has 7 nitrogen and oxygen atoms in total. The normalized spacial score (nSPS) is 11.4. The molecule has 0 saturated heterocycles. The van der Waals surface area contributed by atoms with Crippen molar-refractivity contribution in [1.29, 1.82) is 0 Å². The lowest BCUT2D eigenvalue weighted by molar-refractivity contribution is -0.385. The van der Waals surface area contributed by atoms with Gasteiger partial charge < -0.3 is 10.1 Å². The maximum atomic E-state index is 12.9. The number of nitrogens with one attached hydrogen (secondary N) is 1. The zero-order chi connectivity index (χ0) is 21.7. The number of ether oxygens (including phenoxy) is 1. The van der Waals surface area contributed by atoms with Gasteiger partial charge in [-0.1, -0.05) is 54.1 Å². The van der Waals surface area contributed by atoms with Gasteiger partial charge in [-0.05, 0) is 32.0 Å². The first-order valence-electron chi connectivity index (χ1n) is 9.23. The van der Waals surface area contributed by atoms with Gasteiger partial charge in [-0.3, -0.25) is 14.9 Å². The molecule has 7 heteroatoms. The third kappa shape index (κ3) is 4.88. The highest BCUT2D eigenvalue weighted by atomic mass is 16.6. The van der Waals surface area contributed by atoms with Gasteiger partial charge in [-0.15, -0.1) is 0 Å². The number of esters is 1. The van der Waals surface area contributed by atoms with Crippen LogP contribution < -0.4 is 5.32 Å². The number of amides is 1. The van der Waals surface area contributed by atoms with Crippen LogP contribution >= 0.6 is 0 Å². The summed E-state index contributed by atoms with van der Waals surface area (Å²) in [5, 5.41) is 13.9. The van der Waals surface area contributed by atoms with Crippen LogP contribution in [0, 0.1) is 24.0 Å². The molecule has 0 radical (unpaired) electrons. The monoisotopic (exact) mass is 404 g/mol. The second kappa shape index (κ2) is 9.00. The molecule has 0 heterocycles. The van der Waals surface area contributed by atoms with Crippen molar-refractivity contribution >= 4 is 23.3 Å². The van der Waals surface area contributed by atoms with Crippen LogP contribution in [-0.2, 0) is 9.53 Å². The summed E-state index contributed by atoms with van der Waals surface area (Å²) < 4.78 is 5.48. The molecule has 0 aromatic heterocycles. The molecule has 1 atom stereocenters. The van der Waals surface area contributed by atoms with Crippen molar-refractivity contribution < 1.29 is 19.2 Å². The van der Waals surface area contributed by atoms with Crippen molar-refractivity contribution in [3.05, 3.63) is 105 Å². The fourth-order valence-electron chi connectivity index (χ4n) is 2.85. The van der Waals surface area contributed by atoms with Crippen LogP contribution in [0.25, 0.3) is 0 Å². The maximum Gasteiger partial charge on any atom is 0.339 e. The number of rotatable bonds is 6. The molecule has 1 N–H and O–H groups in total. The topological polar surface area (TPSA) is 98.5 Å². The summed E-state index contributed by atoms with van der Waals surface area (Å²) in [5.74, 6) is -1.36. The zero-order valence-corrected chi connectivity index (χ0v) is 16.5. The highest BCUT2D eigenvalue weighted by Crippen LogP contribution is 2.24. The number of nitrogens with zero attached hydrogens (tertiary/aromatic N) is 1. The van der Waals surface area contributed by atoms with E-state index in [0.717, 1.165) is 11.6 Å². The molecule has 3 rings (SSSR count). The standard InChI is InChI=1S/C23H20N2O5/c1-15-8-12-19(13-9-15)24-22(26)21(17-6-4-3-5-7-17)30-23(27)18-11-10-16(2)20(14-18)25(28)29/h3-14,21H,1-2H3,(H,24,26)/t21-/m0/s1. The van der Waals surface area contributed by atoms with Gasteiger partial charge in [0.25, 0.3) is 11.6 Å². The van der Waals surface area contributed by atoms with E-state index in [0.29, 0.717) is 16.8 Å². The fraction of sp³-hybridized carbons (Fsp3) is 0.130. The molecule has 1 amide bonds. The van der Waals surface area contributed by atoms with E-state index in [4.69, 9.17) is 4.74 Å². The molecule has 0 fully saturated rings. The van der Waals surface area contributed by atoms with Gasteiger partial charge in [0.1, 0.15) is 0 Å². The Balaban J connectivity index is 1.87. The van der Waals surface area contributed by atoms with Crippen LogP contribution in [0.4, 0.5) is 11.4 Å². The molecule has 0 unspecified atom stereocenters. The Morgan fingerprint density at radius 3 is 2.27 bits per heavy atom. The SMILES string of the molecule is Cc1ccc(NC(=O)[C@@H](OC(=O)c2ccc(C)c([N+](=O)[O-])c2)c2ccccc2)cc1. The summed E-state index contributed by atoms with van der Waals surface area (Å²) in [6.07, 6.45) is -1.22. The van der Waals surface area contributed by atoms with Gasteiger partial charge in [-0.25, -0.2) is 4.79 Å². The van der Waals surface area contributed by atoms with Gasteiger partial charge in [0.15, 0.2) is 0 Å². The summed E-state index contributed by atoms with van der Waals surface area (Å²) in [7, 11) is 0. The first kappa shape index (κ1) is 20.7. The zero-order valence-electron chi connectivity index (χ0n) is 16.5. The van der Waals surface area contributed by atoms with E-state index < -0.39 is 22.9 Å². The molecule has 3 aromatic carbocycles. The summed E-state index contributed by atoms with van der Waals surface area (Å²) in [6.45, 7) is 3.51. The summed E-state index contributed by atoms with van der Waals surface area (Å²) >= 11 is 0. The third-order valence-corrected chi connectivity index (χ3v) is 4.53. The van der Waals surface area contributed by atoms with E-state index in [-0.39, 0.29) is 11.3 Å². The van der Waals surface area contributed by atoms with Crippen molar-refractivity contribution in [2.45, 2.75) is 20.0 Å². The summed E-state index contributed by atoms with van der Waals surface area (Å²) in [5.41, 5.74) is 2.32. The van der Waals surface area contributed by atoms with E-state index in [9.17, 15) is 19.7 Å². The minimum absolute atomic E-state index is 0.00336. The number of nitro benzene ring substituents is 1. The fourth-order valence-corrected chi connectivity index (χ4v) is 2.85. The van der Waals surface area contributed by atoms with E-state index in [1.807, 2.05) is 19.1 Å². The molecule has 0 aliphatic heterocycles. The van der Waals surface area contributed by atoms with Crippen LogP contribution in [0.2, 0.25) is 0 Å². The average Bonchev–Trinajstić information content (AvgIpc) is 2.74. The first-order chi connectivity index (χ1) is 14.3. The Morgan fingerprint density at radius 2 is 1.63 bits per heavy atom. The molecule has 30 heavy (non-hydrogen) atoms. The van der Waals surface area contributed by atoms with E-state index in [2.05, 4.69) is 5.32 Å². The number of hydrogen-bond acceptors (Lipinski definition) is 5. The lowest BCUT2D eigenvalue weighted by Gasteiger charge is -2.18. The van der Waals surface area contributed by atoms with Crippen molar-refractivity contribution in [3.8, 4) is 0 Å². The second-order valence-electron chi connectivity index (χ2n) is 6.81. The Bertz CT molecular complexity index is 1080. The van der Waals surface area contributed by atoms with Gasteiger partial charge >= 0.3 is 5.97 Å². The van der Waals surface area contributed by atoms with E-state index in [1.54, 1.807) is 49.4 Å². The first-order valence-corrected chi connectivity index (χ1v) is 9.23. The van der Waals surface area contributed by atoms with Crippen LogP contribution in [0.1, 0.15) is 33.2 Å². The Hall–Kier alpha value is -4.00. The Morgan fingerprint density at radius 1 is 0.967 bits per heavy atom. The molecule has 0 aliphatic carbocycles. The molecule has 152 valence electrons. The lowest BCUT2D eigenvalue weighted by atomic mass is 10.1. The molecule has 3 aromatic rings. The van der Waals surface area contributed by atoms with Crippen LogP contribution in [0.5, 0.6) is 0 Å². The Labute approximate surface area is 173 Å². The van der Waals surface area contributed by atoms with Crippen molar-refractivity contribution in [2.24, 2.45) is 0 Å². The number of aryl methyl sites for hydroxylation is 2. The number of anilines is 1. The highest BCUT2D eigenvalue weighted by Gasteiger charge is 2.27. The number of hydrogen-bond donors (Lipinski definition) is 1. The predicted molar refractivity (Wildman–Crippen MR) is 112 cm³/mol. The van der Waals surface area contributed by atoms with Gasteiger partial charge in [0.2, 0.25) is 6.10 Å². The molecular weight excluding hydrogens is 384 g/mol. The van der Waals surface area contributed by atoms with Gasteiger partial charge in [0, 0.05) is 22.9 Å². The smallest absolute Gasteiger partial charge is 0.339 e.